The summed E-state index contributed by atoms with van der Waals surface area (Å²) in [7, 11) is 0. The van der Waals surface area contributed by atoms with Crippen molar-refractivity contribution in [2.45, 2.75) is 33.7 Å². The fraction of sp³-hybridized carbons (Fsp3) is 0.467. The molecule has 4 nitrogen and oxygen atoms in total. The quantitative estimate of drug-likeness (QED) is 0.873. The summed E-state index contributed by atoms with van der Waals surface area (Å²) in [5, 5.41) is 5.96. The maximum Gasteiger partial charge on any atom is 0.253 e. The van der Waals surface area contributed by atoms with Gasteiger partial charge in [0.2, 0.25) is 0 Å². The molecule has 1 aromatic carbocycles. The van der Waals surface area contributed by atoms with Crippen LogP contribution in [0.3, 0.4) is 0 Å². The number of nitrogens with one attached hydrogen (secondary N) is 2. The van der Waals surface area contributed by atoms with Crippen molar-refractivity contribution in [3.8, 4) is 0 Å². The molecule has 19 heavy (non-hydrogen) atoms. The van der Waals surface area contributed by atoms with E-state index in [1.807, 2.05) is 19.1 Å². The smallest absolute Gasteiger partial charge is 0.253 e. The molecule has 1 unspecified atom stereocenters. The van der Waals surface area contributed by atoms with Crippen LogP contribution in [0.4, 0.5) is 0 Å². The number of hydrogen-bond donors (Lipinski definition) is 2. The molecule has 102 valence electrons. The maximum atomic E-state index is 12.0. The fourth-order valence-corrected chi connectivity index (χ4v) is 2.15. The average Bonchev–Trinajstić information content (AvgIpc) is 2.68. The number of benzene rings is 1. The Morgan fingerprint density at radius 2 is 2.05 bits per heavy atom. The van der Waals surface area contributed by atoms with E-state index in [9.17, 15) is 4.79 Å². The van der Waals surface area contributed by atoms with Gasteiger partial charge in [-0.1, -0.05) is 37.6 Å². The van der Waals surface area contributed by atoms with E-state index in [1.165, 1.54) is 5.56 Å². The Bertz CT molecular complexity index is 520. The molecule has 4 heteroatoms. The molecule has 0 spiro atoms. The molecule has 1 amide bonds. The van der Waals surface area contributed by atoms with Crippen LogP contribution >= 0.6 is 0 Å². The molecule has 1 aliphatic rings. The molecule has 0 bridgehead atoms. The van der Waals surface area contributed by atoms with Gasteiger partial charge in [0.05, 0.1) is 0 Å². The summed E-state index contributed by atoms with van der Waals surface area (Å²) in [5.41, 5.74) is 3.34. The first-order valence-corrected chi connectivity index (χ1v) is 6.66. The van der Waals surface area contributed by atoms with Gasteiger partial charge in [0.25, 0.3) is 5.91 Å². The number of aryl methyl sites for hydroxylation is 2. The lowest BCUT2D eigenvalue weighted by Gasteiger charge is -2.12. The van der Waals surface area contributed by atoms with Crippen molar-refractivity contribution in [3.63, 3.8) is 0 Å². The highest BCUT2D eigenvalue weighted by Crippen LogP contribution is 2.21. The minimum absolute atomic E-state index is 0.0329. The lowest BCUT2D eigenvalue weighted by molar-refractivity contribution is -0.120. The van der Waals surface area contributed by atoms with Crippen LogP contribution in [0, 0.1) is 19.8 Å². The summed E-state index contributed by atoms with van der Waals surface area (Å²) in [6.45, 7) is 8.99. The predicted molar refractivity (Wildman–Crippen MR) is 77.1 cm³/mol. The van der Waals surface area contributed by atoms with Crippen molar-refractivity contribution in [2.75, 3.05) is 6.54 Å². The van der Waals surface area contributed by atoms with E-state index < -0.39 is 0 Å². The standard InChI is InChI=1S/C15H21N3O/c1-9(2)8-16-15-17-13(14(19)18-15)12-6-5-10(3)7-11(12)4/h5-7,9,13H,8H2,1-4H3,(H2,16,17,18,19). The van der Waals surface area contributed by atoms with Gasteiger partial charge in [0.15, 0.2) is 5.96 Å². The van der Waals surface area contributed by atoms with E-state index in [2.05, 4.69) is 42.5 Å². The molecular weight excluding hydrogens is 238 g/mol. The predicted octanol–water partition coefficient (Wildman–Crippen LogP) is 2.08. The van der Waals surface area contributed by atoms with Crippen molar-refractivity contribution in [1.82, 2.24) is 10.6 Å². The van der Waals surface area contributed by atoms with E-state index in [0.717, 1.165) is 11.1 Å². The topological polar surface area (TPSA) is 53.5 Å². The summed E-state index contributed by atoms with van der Waals surface area (Å²) in [6.07, 6.45) is 0. The van der Waals surface area contributed by atoms with E-state index in [4.69, 9.17) is 0 Å². The minimum Gasteiger partial charge on any atom is -0.340 e. The van der Waals surface area contributed by atoms with E-state index in [-0.39, 0.29) is 11.9 Å². The minimum atomic E-state index is -0.327. The molecule has 1 aromatic rings. The first-order valence-electron chi connectivity index (χ1n) is 6.66. The number of amides is 1. The Morgan fingerprint density at radius 1 is 1.32 bits per heavy atom. The third-order valence-electron chi connectivity index (χ3n) is 3.14. The van der Waals surface area contributed by atoms with Crippen LogP contribution in [0.5, 0.6) is 0 Å². The van der Waals surface area contributed by atoms with Crippen molar-refractivity contribution in [2.24, 2.45) is 10.9 Å². The lowest BCUT2D eigenvalue weighted by atomic mass is 9.99. The Balaban J connectivity index is 2.18. The molecule has 2 N–H and O–H groups in total. The highest BCUT2D eigenvalue weighted by atomic mass is 16.2. The maximum absolute atomic E-state index is 12.0. The second-order valence-electron chi connectivity index (χ2n) is 5.51. The van der Waals surface area contributed by atoms with Crippen LogP contribution < -0.4 is 10.6 Å². The number of aliphatic imine (C=N–C) groups is 1. The highest BCUT2D eigenvalue weighted by molar-refractivity contribution is 6.06. The molecule has 0 aliphatic carbocycles. The Labute approximate surface area is 114 Å². The Kier molecular flexibility index (Phi) is 3.88. The number of hydrogen-bond acceptors (Lipinski definition) is 2. The number of rotatable bonds is 3. The summed E-state index contributed by atoms with van der Waals surface area (Å²) in [4.78, 5) is 16.4. The number of nitrogens with zero attached hydrogens (tertiary/aromatic N) is 1. The first-order chi connectivity index (χ1) is 8.97. The van der Waals surface area contributed by atoms with Crippen LogP contribution in [-0.4, -0.2) is 18.4 Å². The molecule has 0 aromatic heterocycles. The first kappa shape index (κ1) is 13.6. The van der Waals surface area contributed by atoms with Gasteiger partial charge >= 0.3 is 0 Å². The molecule has 1 heterocycles. The summed E-state index contributed by atoms with van der Waals surface area (Å²) in [5.74, 6) is 1.03. The summed E-state index contributed by atoms with van der Waals surface area (Å²) >= 11 is 0. The van der Waals surface area contributed by atoms with Gasteiger partial charge in [-0.25, -0.2) is 0 Å². The lowest BCUT2D eigenvalue weighted by Crippen LogP contribution is -2.26. The second kappa shape index (κ2) is 5.43. The van der Waals surface area contributed by atoms with Crippen LogP contribution in [0.1, 0.15) is 36.6 Å². The molecule has 0 saturated carbocycles. The number of carbonyl (C=O) groups excluding carboxylic acids is 1. The molecule has 1 aliphatic heterocycles. The molecule has 1 saturated heterocycles. The van der Waals surface area contributed by atoms with Crippen molar-refractivity contribution < 1.29 is 4.79 Å². The van der Waals surface area contributed by atoms with Crippen molar-refractivity contribution in [1.29, 1.82) is 0 Å². The van der Waals surface area contributed by atoms with Gasteiger partial charge in [-0.05, 0) is 30.9 Å². The van der Waals surface area contributed by atoms with Gasteiger partial charge in [-0.15, -0.1) is 0 Å². The molecule has 2 rings (SSSR count). The molecular formula is C15H21N3O. The molecule has 1 atom stereocenters. The number of carbonyl (C=O) groups is 1. The van der Waals surface area contributed by atoms with Crippen LogP contribution in [0.15, 0.2) is 23.2 Å². The normalized spacial score (nSPS) is 20.8. The van der Waals surface area contributed by atoms with Crippen LogP contribution in [0.2, 0.25) is 0 Å². The van der Waals surface area contributed by atoms with E-state index in [0.29, 0.717) is 18.4 Å². The third kappa shape index (κ3) is 3.13. The molecule has 1 fully saturated rings. The largest absolute Gasteiger partial charge is 0.340 e. The zero-order valence-corrected chi connectivity index (χ0v) is 11.9. The van der Waals surface area contributed by atoms with Crippen molar-refractivity contribution in [3.05, 3.63) is 34.9 Å². The van der Waals surface area contributed by atoms with Crippen LogP contribution in [-0.2, 0) is 4.79 Å². The fourth-order valence-electron chi connectivity index (χ4n) is 2.15. The average molecular weight is 259 g/mol. The monoisotopic (exact) mass is 259 g/mol. The van der Waals surface area contributed by atoms with E-state index in [1.54, 1.807) is 0 Å². The van der Waals surface area contributed by atoms with Gasteiger partial charge in [-0.3, -0.25) is 15.1 Å². The summed E-state index contributed by atoms with van der Waals surface area (Å²) in [6, 6.07) is 5.80. The second-order valence-corrected chi connectivity index (χ2v) is 5.51. The number of guanidine groups is 1. The van der Waals surface area contributed by atoms with Gasteiger partial charge < -0.3 is 5.32 Å². The zero-order chi connectivity index (χ0) is 14.0. The Morgan fingerprint density at radius 3 is 2.68 bits per heavy atom. The zero-order valence-electron chi connectivity index (χ0n) is 11.9. The van der Waals surface area contributed by atoms with Gasteiger partial charge in [0, 0.05) is 6.54 Å². The third-order valence-corrected chi connectivity index (χ3v) is 3.14. The summed E-state index contributed by atoms with van der Waals surface area (Å²) < 4.78 is 0. The van der Waals surface area contributed by atoms with Gasteiger partial charge in [0.1, 0.15) is 6.04 Å². The highest BCUT2D eigenvalue weighted by Gasteiger charge is 2.30. The SMILES string of the molecule is Cc1ccc(C2NC(=NCC(C)C)NC2=O)c(C)c1. The van der Waals surface area contributed by atoms with Crippen LogP contribution in [0.25, 0.3) is 0 Å². The van der Waals surface area contributed by atoms with Gasteiger partial charge in [-0.2, -0.15) is 0 Å². The van der Waals surface area contributed by atoms with Crippen molar-refractivity contribution >= 4 is 11.9 Å². The van der Waals surface area contributed by atoms with E-state index >= 15 is 0 Å². The molecule has 0 radical (unpaired) electrons. The Hall–Kier alpha value is -1.84.